The lowest BCUT2D eigenvalue weighted by Gasteiger charge is -2.09. The molecule has 0 radical (unpaired) electrons. The smallest absolute Gasteiger partial charge is 0.161 e. The topological polar surface area (TPSA) is 88.6 Å². The van der Waals surface area contributed by atoms with Crippen LogP contribution in [0.2, 0.25) is 0 Å². The molecule has 1 aromatic rings. The zero-order chi connectivity index (χ0) is 18.5. The van der Waals surface area contributed by atoms with Gasteiger partial charge in [-0.2, -0.15) is 0 Å². The maximum absolute atomic E-state index is 9.23. The van der Waals surface area contributed by atoms with Gasteiger partial charge in [0.2, 0.25) is 0 Å². The number of para-hydroxylation sites is 2. The van der Waals surface area contributed by atoms with Crippen LogP contribution in [-0.2, 0) is 4.74 Å². The fourth-order valence-corrected chi connectivity index (χ4v) is 1.54. The molecule has 1 rings (SSSR count). The summed E-state index contributed by atoms with van der Waals surface area (Å²) in [4.78, 5) is 0. The first kappa shape index (κ1) is 21.5. The molecule has 24 heavy (non-hydrogen) atoms. The second-order valence-electron chi connectivity index (χ2n) is 5.09. The summed E-state index contributed by atoms with van der Waals surface area (Å²) in [5.74, 6) is 1.41. The zero-order valence-electron chi connectivity index (χ0n) is 14.9. The Morgan fingerprint density at radius 3 is 2.46 bits per heavy atom. The molecule has 0 aliphatic heterocycles. The summed E-state index contributed by atoms with van der Waals surface area (Å²) in [7, 11) is 1.57. The van der Waals surface area contributed by atoms with E-state index in [4.69, 9.17) is 20.6 Å². The minimum atomic E-state index is 0.100. The molecular weight excluding hydrogens is 304 g/mol. The maximum Gasteiger partial charge on any atom is 0.161 e. The highest BCUT2D eigenvalue weighted by molar-refractivity contribution is 6.01. The van der Waals surface area contributed by atoms with Gasteiger partial charge >= 0.3 is 0 Å². The van der Waals surface area contributed by atoms with Crippen molar-refractivity contribution in [1.82, 2.24) is 0 Å². The standard InChI is InChI=1S/C10H16N2O.C9H12O2/c1-4-5-9(13-3)6-8(2)10(12)7-11;1-7(2)11-9-6-4-3-5-8(9)10/h4-6,12H,2,7,11H2,1,3H3;3-7,10H,1-2H3/b5-4-,9-6+,12-10?;. The maximum atomic E-state index is 9.23. The monoisotopic (exact) mass is 332 g/mol. The number of nitrogens with two attached hydrogens (primary N) is 1. The summed E-state index contributed by atoms with van der Waals surface area (Å²) in [5.41, 5.74) is 6.19. The average molecular weight is 332 g/mol. The lowest BCUT2D eigenvalue weighted by molar-refractivity contribution is 0.232. The van der Waals surface area contributed by atoms with Gasteiger partial charge in [0.25, 0.3) is 0 Å². The summed E-state index contributed by atoms with van der Waals surface area (Å²) < 4.78 is 10.3. The van der Waals surface area contributed by atoms with Crippen molar-refractivity contribution in [2.24, 2.45) is 5.73 Å². The van der Waals surface area contributed by atoms with E-state index in [0.717, 1.165) is 0 Å². The Balaban J connectivity index is 0.000000446. The molecule has 0 aliphatic carbocycles. The lowest BCUT2D eigenvalue weighted by Crippen LogP contribution is -2.13. The van der Waals surface area contributed by atoms with Crippen molar-refractivity contribution in [2.45, 2.75) is 26.9 Å². The molecule has 0 unspecified atom stereocenters. The number of benzene rings is 1. The van der Waals surface area contributed by atoms with Crippen molar-refractivity contribution in [3.63, 3.8) is 0 Å². The van der Waals surface area contributed by atoms with Gasteiger partial charge in [-0.1, -0.05) is 24.8 Å². The van der Waals surface area contributed by atoms with Crippen LogP contribution in [0, 0.1) is 5.41 Å². The number of allylic oxidation sites excluding steroid dienone is 3. The molecule has 1 aromatic carbocycles. The van der Waals surface area contributed by atoms with Crippen LogP contribution in [0.5, 0.6) is 11.5 Å². The first-order valence-electron chi connectivity index (χ1n) is 7.65. The van der Waals surface area contributed by atoms with Gasteiger partial charge in [-0.3, -0.25) is 0 Å². The predicted molar refractivity (Wildman–Crippen MR) is 99.7 cm³/mol. The number of phenolic OH excluding ortho intramolecular Hbond substituents is 1. The molecule has 0 saturated heterocycles. The number of ether oxygens (including phenoxy) is 2. The van der Waals surface area contributed by atoms with E-state index in [9.17, 15) is 5.11 Å². The van der Waals surface area contributed by atoms with Crippen molar-refractivity contribution in [1.29, 1.82) is 5.41 Å². The largest absolute Gasteiger partial charge is 0.504 e. The number of hydrogen-bond donors (Lipinski definition) is 3. The van der Waals surface area contributed by atoms with Gasteiger partial charge in [0, 0.05) is 6.54 Å². The van der Waals surface area contributed by atoms with E-state index < -0.39 is 0 Å². The second-order valence-corrected chi connectivity index (χ2v) is 5.09. The fraction of sp³-hybridized carbons (Fsp3) is 0.316. The van der Waals surface area contributed by atoms with Crippen molar-refractivity contribution >= 4 is 5.71 Å². The molecule has 5 nitrogen and oxygen atoms in total. The number of methoxy groups -OCH3 is 1. The Morgan fingerprint density at radius 1 is 1.38 bits per heavy atom. The summed E-state index contributed by atoms with van der Waals surface area (Å²) in [6.07, 6.45) is 5.45. The Labute approximate surface area is 144 Å². The molecule has 5 heteroatoms. The van der Waals surface area contributed by atoms with Gasteiger partial charge in [-0.25, -0.2) is 0 Å². The molecule has 0 saturated carbocycles. The molecule has 0 aliphatic rings. The molecule has 0 bridgehead atoms. The lowest BCUT2D eigenvalue weighted by atomic mass is 10.1. The van der Waals surface area contributed by atoms with E-state index in [0.29, 0.717) is 22.8 Å². The quantitative estimate of drug-likeness (QED) is 0.402. The third kappa shape index (κ3) is 8.80. The van der Waals surface area contributed by atoms with E-state index in [-0.39, 0.29) is 18.4 Å². The summed E-state index contributed by atoms with van der Waals surface area (Å²) in [6, 6.07) is 6.95. The predicted octanol–water partition coefficient (Wildman–Crippen LogP) is 3.81. The zero-order valence-corrected chi connectivity index (χ0v) is 14.9. The summed E-state index contributed by atoms with van der Waals surface area (Å²) >= 11 is 0. The van der Waals surface area contributed by atoms with Gasteiger partial charge in [0.1, 0.15) is 5.76 Å². The number of aromatic hydroxyl groups is 1. The Bertz CT molecular complexity index is 590. The molecule has 4 N–H and O–H groups in total. The number of hydrogen-bond acceptors (Lipinski definition) is 5. The van der Waals surface area contributed by atoms with Crippen molar-refractivity contribution < 1.29 is 14.6 Å². The van der Waals surface area contributed by atoms with E-state index >= 15 is 0 Å². The fourth-order valence-electron chi connectivity index (χ4n) is 1.54. The average Bonchev–Trinajstić information content (AvgIpc) is 2.55. The van der Waals surface area contributed by atoms with Gasteiger partial charge in [-0.05, 0) is 50.6 Å². The van der Waals surface area contributed by atoms with Gasteiger partial charge < -0.3 is 25.7 Å². The van der Waals surface area contributed by atoms with Crippen molar-refractivity contribution in [3.8, 4) is 11.5 Å². The van der Waals surface area contributed by atoms with E-state index in [2.05, 4.69) is 6.58 Å². The summed E-state index contributed by atoms with van der Waals surface area (Å²) in [6.45, 7) is 9.64. The number of phenols is 1. The van der Waals surface area contributed by atoms with E-state index in [1.54, 1.807) is 37.5 Å². The molecule has 132 valence electrons. The molecule has 0 amide bonds. The normalized spacial score (nSPS) is 11.0. The van der Waals surface area contributed by atoms with E-state index in [1.165, 1.54) is 0 Å². The first-order valence-corrected chi connectivity index (χ1v) is 7.65. The van der Waals surface area contributed by atoms with Crippen molar-refractivity contribution in [3.05, 3.63) is 60.4 Å². The Hall–Kier alpha value is -2.53. The van der Waals surface area contributed by atoms with Gasteiger partial charge in [0.15, 0.2) is 11.5 Å². The van der Waals surface area contributed by atoms with Crippen LogP contribution in [0.3, 0.4) is 0 Å². The number of rotatable bonds is 7. The number of nitrogens with one attached hydrogen (secondary N) is 1. The third-order valence-electron chi connectivity index (χ3n) is 2.70. The van der Waals surface area contributed by atoms with Gasteiger partial charge in [0.05, 0.1) is 18.9 Å². The third-order valence-corrected chi connectivity index (χ3v) is 2.70. The van der Waals surface area contributed by atoms with Crippen LogP contribution in [0.25, 0.3) is 0 Å². The first-order chi connectivity index (χ1) is 11.3. The van der Waals surface area contributed by atoms with Crippen LogP contribution < -0.4 is 10.5 Å². The van der Waals surface area contributed by atoms with Crippen LogP contribution in [0.1, 0.15) is 20.8 Å². The summed E-state index contributed by atoms with van der Waals surface area (Å²) in [5, 5.41) is 16.6. The van der Waals surface area contributed by atoms with Crippen LogP contribution in [0.15, 0.2) is 60.4 Å². The van der Waals surface area contributed by atoms with Gasteiger partial charge in [-0.15, -0.1) is 0 Å². The van der Waals surface area contributed by atoms with Crippen molar-refractivity contribution in [2.75, 3.05) is 13.7 Å². The highest BCUT2D eigenvalue weighted by atomic mass is 16.5. The van der Waals surface area contributed by atoms with Crippen LogP contribution >= 0.6 is 0 Å². The molecule has 0 atom stereocenters. The molecule has 0 spiro atoms. The SMILES string of the molecule is C=C(/C=C(\C=C/C)OC)C(=N)CN.CC(C)Oc1ccccc1O. The highest BCUT2D eigenvalue weighted by Crippen LogP contribution is 2.25. The highest BCUT2D eigenvalue weighted by Gasteiger charge is 2.01. The molecule has 0 aromatic heterocycles. The Kier molecular flexibility index (Phi) is 10.7. The van der Waals surface area contributed by atoms with E-state index in [1.807, 2.05) is 32.9 Å². The van der Waals surface area contributed by atoms with Crippen LogP contribution in [0.4, 0.5) is 0 Å². The molecule has 0 heterocycles. The second kappa shape index (κ2) is 12.0. The molecular formula is C19H28N2O3. The Morgan fingerprint density at radius 2 is 2.00 bits per heavy atom. The minimum Gasteiger partial charge on any atom is -0.504 e. The molecule has 0 fully saturated rings. The minimum absolute atomic E-state index is 0.100. The van der Waals surface area contributed by atoms with Crippen LogP contribution in [-0.4, -0.2) is 30.6 Å².